The number of unbranched alkanes of at least 4 members (excludes halogenated alkanes) is 1. The smallest absolute Gasteiger partial charge is 0.407 e. The number of carbonyl (C=O) groups is 10. The second-order valence-corrected chi connectivity index (χ2v) is 21.6. The lowest BCUT2D eigenvalue weighted by molar-refractivity contribution is -0.141. The predicted octanol–water partition coefficient (Wildman–Crippen LogP) is 1.51. The quantitative estimate of drug-likeness (QED) is 0.0237. The number of nitrogens with two attached hydrogens (primary N) is 1. The lowest BCUT2D eigenvalue weighted by atomic mass is 9.63. The molecule has 24 heteroatoms. The first-order valence-electron chi connectivity index (χ1n) is 26.4. The van der Waals surface area contributed by atoms with E-state index in [4.69, 9.17) is 15.9 Å². The first-order chi connectivity index (χ1) is 37.4. The zero-order valence-corrected chi connectivity index (χ0v) is 45.1. The number of alkyl carbamates (subject to hydrolysis) is 1. The summed E-state index contributed by atoms with van der Waals surface area (Å²) in [6.07, 6.45) is 4.14. The lowest BCUT2D eigenvalue weighted by Crippen LogP contribution is -2.59. The van der Waals surface area contributed by atoms with E-state index in [9.17, 15) is 58.2 Å². The first-order valence-corrected chi connectivity index (χ1v) is 27.4. The third-order valence-electron chi connectivity index (χ3n) is 15.0. The van der Waals surface area contributed by atoms with Gasteiger partial charge in [-0.1, -0.05) is 34.9 Å². The summed E-state index contributed by atoms with van der Waals surface area (Å²) < 4.78 is 6.70. The summed E-state index contributed by atoms with van der Waals surface area (Å²) in [5.74, 6) is -7.33. The summed E-state index contributed by atoms with van der Waals surface area (Å²) in [6, 6.07) is 7.46. The van der Waals surface area contributed by atoms with Gasteiger partial charge in [-0.15, -0.1) is 0 Å². The standard InChI is InChI=1S/C54H67IN10O13/c55-31-10-8-29(9-11-31)48(72)58-22-18-30-25-37-35-15-14-33-34(16-17-36(35)45(30)47(71)46(37)70)38(33)27-78-54(77)61-20-2-1-4-40-50(74)63-39(5-3-21-60-53(56)57)49(73)59-23-19-43(67)62-42(26-44(68)69)52(76)65-41(51(75)64-40)24-28-6-12-32(66)13-7-28/h6-13,25,33-34,37-42,45,66H,1-5,14-24,26-27H2,(H,58,72)(H,59,73)(H,61,77)(H,62,67)(H,63,74)(H,64,75)(H,65,76)(H,68,69)(H4,56,57,60)/t33-,34+,37?,38-,39?,40?,41?,42?,45?/m0/s1. The number of phenolic OH excluding ortho intramolecular Hbond substituents is 1. The van der Waals surface area contributed by atoms with E-state index in [0.717, 1.165) is 33.1 Å². The number of guanidine groups is 1. The summed E-state index contributed by atoms with van der Waals surface area (Å²) in [5.41, 5.74) is 9.34. The molecule has 1 saturated carbocycles. The number of ether oxygens (including phenoxy) is 1. The molecule has 1 heterocycles. The molecule has 23 nitrogen and oxygen atoms in total. The number of allylic oxidation sites excluding steroid dienone is 3. The van der Waals surface area contributed by atoms with Crippen LogP contribution in [0.25, 0.3) is 0 Å². The number of phenols is 1. The van der Waals surface area contributed by atoms with Crippen LogP contribution in [0.5, 0.6) is 5.75 Å². The van der Waals surface area contributed by atoms with Crippen LogP contribution in [0.4, 0.5) is 4.79 Å². The summed E-state index contributed by atoms with van der Waals surface area (Å²) in [5, 5.41) is 48.1. The van der Waals surface area contributed by atoms with Gasteiger partial charge in [-0.25, -0.2) is 4.79 Å². The van der Waals surface area contributed by atoms with E-state index >= 15 is 0 Å². The zero-order chi connectivity index (χ0) is 56.0. The Labute approximate surface area is 463 Å². The van der Waals surface area contributed by atoms with Crippen molar-refractivity contribution in [3.8, 4) is 5.75 Å². The second kappa shape index (κ2) is 27.3. The van der Waals surface area contributed by atoms with Gasteiger partial charge in [0, 0.05) is 48.2 Å². The van der Waals surface area contributed by atoms with Crippen molar-refractivity contribution in [2.45, 2.75) is 108 Å². The number of carbonyl (C=O) groups excluding carboxylic acids is 9. The minimum Gasteiger partial charge on any atom is -0.508 e. The van der Waals surface area contributed by atoms with E-state index < -0.39 is 84.0 Å². The van der Waals surface area contributed by atoms with Gasteiger partial charge in [-0.05, 0) is 147 Å². The molecule has 2 aromatic carbocycles. The number of Topliss-reactive ketones (excluding diaryl/α,β-unsaturated/α-hetero) is 2. The van der Waals surface area contributed by atoms with Crippen LogP contribution >= 0.6 is 22.6 Å². The van der Waals surface area contributed by atoms with Crippen molar-refractivity contribution in [2.75, 3.05) is 32.8 Å². The molecule has 6 aliphatic rings. The van der Waals surface area contributed by atoms with E-state index in [0.29, 0.717) is 43.4 Å². The number of amides is 7. The number of hydrogen-bond acceptors (Lipinski definition) is 13. The molecule has 418 valence electrons. The summed E-state index contributed by atoms with van der Waals surface area (Å²) in [4.78, 5) is 132. The molecule has 0 spiro atoms. The maximum Gasteiger partial charge on any atom is 0.407 e. The number of ketones is 2. The molecule has 9 atom stereocenters. The molecule has 5 aliphatic carbocycles. The van der Waals surface area contributed by atoms with Gasteiger partial charge >= 0.3 is 12.1 Å². The molecule has 1 saturated heterocycles. The Morgan fingerprint density at radius 2 is 1.33 bits per heavy atom. The van der Waals surface area contributed by atoms with E-state index in [1.165, 1.54) is 24.3 Å². The highest BCUT2D eigenvalue weighted by Crippen LogP contribution is 2.57. The topological polar surface area (TPSA) is 366 Å². The van der Waals surface area contributed by atoms with Gasteiger partial charge < -0.3 is 63.2 Å². The highest BCUT2D eigenvalue weighted by atomic mass is 127. The maximum atomic E-state index is 14.2. The molecule has 7 amide bonds. The third kappa shape index (κ3) is 15.9. The maximum absolute atomic E-state index is 14.2. The molecule has 1 aliphatic heterocycles. The van der Waals surface area contributed by atoms with Crippen LogP contribution in [0.15, 0.2) is 71.3 Å². The van der Waals surface area contributed by atoms with E-state index in [-0.39, 0.29) is 112 Å². The van der Waals surface area contributed by atoms with Crippen molar-refractivity contribution in [3.63, 3.8) is 0 Å². The van der Waals surface area contributed by atoms with Crippen LogP contribution in [0.2, 0.25) is 0 Å². The monoisotopic (exact) mass is 1190 g/mol. The van der Waals surface area contributed by atoms with Gasteiger partial charge in [0.25, 0.3) is 5.91 Å². The number of benzene rings is 2. The highest BCUT2D eigenvalue weighted by Gasteiger charge is 2.54. The number of nitrogens with one attached hydrogen (secondary N) is 9. The van der Waals surface area contributed by atoms with Gasteiger partial charge in [0.1, 0.15) is 29.9 Å². The van der Waals surface area contributed by atoms with Crippen LogP contribution in [0, 0.1) is 38.6 Å². The normalized spacial score (nSPS) is 25.5. The van der Waals surface area contributed by atoms with Gasteiger partial charge in [-0.2, -0.15) is 0 Å². The molecule has 2 fully saturated rings. The number of carboxylic acids is 1. The van der Waals surface area contributed by atoms with E-state index in [1.807, 2.05) is 18.2 Å². The average molecular weight is 1190 g/mol. The van der Waals surface area contributed by atoms with Gasteiger partial charge in [0.15, 0.2) is 5.96 Å². The van der Waals surface area contributed by atoms with Crippen molar-refractivity contribution in [1.82, 2.24) is 42.5 Å². The molecule has 2 bridgehead atoms. The van der Waals surface area contributed by atoms with Crippen LogP contribution in [-0.4, -0.2) is 132 Å². The third-order valence-corrected chi connectivity index (χ3v) is 15.7. The molecule has 78 heavy (non-hydrogen) atoms. The Morgan fingerprint density at radius 3 is 2.03 bits per heavy atom. The highest BCUT2D eigenvalue weighted by molar-refractivity contribution is 14.1. The fourth-order valence-electron chi connectivity index (χ4n) is 10.9. The Balaban J connectivity index is 0.931. The lowest BCUT2D eigenvalue weighted by Gasteiger charge is -2.39. The van der Waals surface area contributed by atoms with Crippen molar-refractivity contribution in [3.05, 3.63) is 86.0 Å². The molecule has 6 unspecified atom stereocenters. The van der Waals surface area contributed by atoms with E-state index in [1.54, 1.807) is 12.1 Å². The van der Waals surface area contributed by atoms with Crippen LogP contribution < -0.4 is 48.3 Å². The Kier molecular flexibility index (Phi) is 20.4. The number of aromatic hydroxyl groups is 1. The number of carboxylic acid groups (broad SMARTS) is 1. The largest absolute Gasteiger partial charge is 0.508 e. The number of halogens is 1. The Morgan fingerprint density at radius 1 is 0.705 bits per heavy atom. The number of aliphatic carboxylic acids is 1. The molecule has 8 rings (SSSR count). The van der Waals surface area contributed by atoms with E-state index in [2.05, 4.69) is 65.1 Å². The number of hydrogen-bond donors (Lipinski definition) is 12. The van der Waals surface area contributed by atoms with Crippen molar-refractivity contribution in [2.24, 2.45) is 35.3 Å². The molecule has 0 aromatic heterocycles. The fraction of sp³-hybridized carbons (Fsp3) is 0.500. The van der Waals surface area contributed by atoms with Crippen molar-refractivity contribution < 1.29 is 62.9 Å². The number of fused-ring (bicyclic) bond motifs is 2. The van der Waals surface area contributed by atoms with Crippen LogP contribution in [0.1, 0.15) is 93.0 Å². The zero-order valence-electron chi connectivity index (χ0n) is 43.0. The Bertz CT molecular complexity index is 2720. The molecule has 0 radical (unpaired) electrons. The summed E-state index contributed by atoms with van der Waals surface area (Å²) in [6.45, 7) is 0.588. The average Bonchev–Trinajstić information content (AvgIpc) is 4.21. The first kappa shape index (κ1) is 58.3. The van der Waals surface area contributed by atoms with Gasteiger partial charge in [-0.3, -0.25) is 48.6 Å². The minimum atomic E-state index is -1.62. The molecular formula is C54H67IN10O13. The van der Waals surface area contributed by atoms with Gasteiger partial charge in [0.2, 0.25) is 41.1 Å². The fourth-order valence-corrected chi connectivity index (χ4v) is 11.3. The second-order valence-electron chi connectivity index (χ2n) is 20.3. The molecule has 2 aromatic rings. The molecule has 13 N–H and O–H groups in total. The number of rotatable bonds is 19. The SMILES string of the molecule is N=C(N)NCCCC1NC(=O)C(CCCCNC(=O)OC[C@@H]2[C@@H]3CCC4=C(CC[C@@H]32)C2C=C(CCNC(=O)c3ccc(I)cc3)C4C(=O)C2=O)NC(=O)C(Cc2ccc(O)cc2)NC(=O)C(CC(=O)O)NC(=O)CCNC1=O. The Hall–Kier alpha value is -7.38. The van der Waals surface area contributed by atoms with Crippen LogP contribution in [-0.2, 0) is 49.5 Å². The minimum absolute atomic E-state index is 0.00412. The van der Waals surface area contributed by atoms with Crippen molar-refractivity contribution in [1.29, 1.82) is 5.41 Å². The van der Waals surface area contributed by atoms with Gasteiger partial charge in [0.05, 0.1) is 24.9 Å². The predicted molar refractivity (Wildman–Crippen MR) is 289 cm³/mol. The van der Waals surface area contributed by atoms with Crippen LogP contribution in [0.3, 0.4) is 0 Å². The van der Waals surface area contributed by atoms with Crippen molar-refractivity contribution >= 4 is 87.6 Å². The molecular weight excluding hydrogens is 1120 g/mol. The summed E-state index contributed by atoms with van der Waals surface area (Å²) in [7, 11) is 0. The summed E-state index contributed by atoms with van der Waals surface area (Å²) >= 11 is 2.17.